The van der Waals surface area contributed by atoms with Crippen LogP contribution in [0, 0.1) is 5.82 Å². The lowest BCUT2D eigenvalue weighted by Gasteiger charge is -2.25. The van der Waals surface area contributed by atoms with Crippen LogP contribution in [0.1, 0.15) is 18.5 Å². The van der Waals surface area contributed by atoms with Crippen molar-refractivity contribution in [2.75, 3.05) is 13.7 Å². The Morgan fingerprint density at radius 2 is 2.04 bits per heavy atom. The van der Waals surface area contributed by atoms with Crippen LogP contribution in [0.2, 0.25) is 0 Å². The second kappa shape index (κ2) is 8.30. The Balaban J connectivity index is 1.62. The third-order valence-electron chi connectivity index (χ3n) is 4.28. The molecule has 0 aliphatic heterocycles. The molecule has 140 valence electrons. The first-order valence-corrected chi connectivity index (χ1v) is 9.03. The van der Waals surface area contributed by atoms with E-state index in [-0.39, 0.29) is 24.3 Å². The third kappa shape index (κ3) is 4.51. The fraction of sp³-hybridized carbons (Fsp3) is 0.211. The standard InChI is InChI=1S/C19H18BrFN4O2/c1-13(14-3-6-16(7-4-14)25-12-22-11-23-25)24(2)19(26)10-27-18-8-5-15(20)9-17(18)21/h3-9,11-13H,10H2,1-2H3. The first-order valence-electron chi connectivity index (χ1n) is 8.24. The van der Waals surface area contributed by atoms with Gasteiger partial charge in [-0.1, -0.05) is 28.1 Å². The maximum Gasteiger partial charge on any atom is 0.260 e. The van der Waals surface area contributed by atoms with Gasteiger partial charge in [-0.25, -0.2) is 14.1 Å². The number of aromatic nitrogens is 3. The van der Waals surface area contributed by atoms with Crippen molar-refractivity contribution in [3.8, 4) is 11.4 Å². The topological polar surface area (TPSA) is 60.2 Å². The first kappa shape index (κ1) is 19.0. The summed E-state index contributed by atoms with van der Waals surface area (Å²) in [5, 5.41) is 4.08. The predicted molar refractivity (Wildman–Crippen MR) is 102 cm³/mol. The van der Waals surface area contributed by atoms with Gasteiger partial charge in [0.15, 0.2) is 18.2 Å². The van der Waals surface area contributed by atoms with Crippen molar-refractivity contribution >= 4 is 21.8 Å². The molecule has 1 heterocycles. The molecule has 1 aromatic heterocycles. The summed E-state index contributed by atoms with van der Waals surface area (Å²) in [6.45, 7) is 1.68. The molecule has 3 aromatic rings. The van der Waals surface area contributed by atoms with E-state index in [4.69, 9.17) is 4.74 Å². The summed E-state index contributed by atoms with van der Waals surface area (Å²) in [5.74, 6) is -0.716. The van der Waals surface area contributed by atoms with Gasteiger partial charge in [0.05, 0.1) is 11.7 Å². The van der Waals surface area contributed by atoms with Crippen molar-refractivity contribution in [2.45, 2.75) is 13.0 Å². The summed E-state index contributed by atoms with van der Waals surface area (Å²) in [7, 11) is 1.69. The molecule has 0 fully saturated rings. The number of nitrogens with zero attached hydrogens (tertiary/aromatic N) is 4. The van der Waals surface area contributed by atoms with Gasteiger partial charge in [0, 0.05) is 11.5 Å². The van der Waals surface area contributed by atoms with Gasteiger partial charge in [-0.15, -0.1) is 0 Å². The van der Waals surface area contributed by atoms with Gasteiger partial charge in [-0.2, -0.15) is 5.10 Å². The summed E-state index contributed by atoms with van der Waals surface area (Å²) in [6, 6.07) is 12.0. The van der Waals surface area contributed by atoms with E-state index < -0.39 is 5.82 Å². The number of hydrogen-bond acceptors (Lipinski definition) is 4. The smallest absolute Gasteiger partial charge is 0.260 e. The molecule has 0 aliphatic rings. The predicted octanol–water partition coefficient (Wildman–Crippen LogP) is 3.77. The highest BCUT2D eigenvalue weighted by Gasteiger charge is 2.18. The van der Waals surface area contributed by atoms with Crippen LogP contribution in [0.3, 0.4) is 0 Å². The van der Waals surface area contributed by atoms with E-state index in [1.807, 2.05) is 31.2 Å². The minimum atomic E-state index is -0.517. The Labute approximate surface area is 164 Å². The highest BCUT2D eigenvalue weighted by Crippen LogP contribution is 2.23. The summed E-state index contributed by atoms with van der Waals surface area (Å²) in [4.78, 5) is 17.9. The van der Waals surface area contributed by atoms with E-state index >= 15 is 0 Å². The molecule has 0 radical (unpaired) electrons. The molecule has 6 nitrogen and oxygen atoms in total. The largest absolute Gasteiger partial charge is 0.481 e. The van der Waals surface area contributed by atoms with Gasteiger partial charge in [0.2, 0.25) is 0 Å². The minimum absolute atomic E-state index is 0.0461. The van der Waals surface area contributed by atoms with Gasteiger partial charge in [-0.05, 0) is 42.8 Å². The van der Waals surface area contributed by atoms with Crippen LogP contribution < -0.4 is 4.74 Å². The Kier molecular flexibility index (Phi) is 5.85. The van der Waals surface area contributed by atoms with Crippen LogP contribution in [0.25, 0.3) is 5.69 Å². The molecule has 0 N–H and O–H groups in total. The fourth-order valence-electron chi connectivity index (χ4n) is 2.52. The second-order valence-electron chi connectivity index (χ2n) is 5.98. The zero-order valence-electron chi connectivity index (χ0n) is 14.8. The molecule has 0 bridgehead atoms. The van der Waals surface area contributed by atoms with Crippen LogP contribution in [-0.2, 0) is 4.79 Å². The molecule has 1 unspecified atom stereocenters. The van der Waals surface area contributed by atoms with Crippen LogP contribution in [0.15, 0.2) is 59.6 Å². The van der Waals surface area contributed by atoms with E-state index in [2.05, 4.69) is 26.0 Å². The number of carbonyl (C=O) groups excluding carboxylic acids is 1. The quantitative estimate of drug-likeness (QED) is 0.594. The average Bonchev–Trinajstić information content (AvgIpc) is 3.21. The zero-order valence-corrected chi connectivity index (χ0v) is 16.4. The lowest BCUT2D eigenvalue weighted by molar-refractivity contribution is -0.134. The van der Waals surface area contributed by atoms with E-state index in [1.165, 1.54) is 18.5 Å². The van der Waals surface area contributed by atoms with Gasteiger partial charge in [0.1, 0.15) is 12.7 Å². The number of halogens is 2. The van der Waals surface area contributed by atoms with Crippen molar-refractivity contribution in [1.29, 1.82) is 0 Å². The van der Waals surface area contributed by atoms with Crippen molar-refractivity contribution in [1.82, 2.24) is 19.7 Å². The lowest BCUT2D eigenvalue weighted by atomic mass is 10.1. The first-order chi connectivity index (χ1) is 13.0. The summed E-state index contributed by atoms with van der Waals surface area (Å²) >= 11 is 3.18. The highest BCUT2D eigenvalue weighted by molar-refractivity contribution is 9.10. The van der Waals surface area contributed by atoms with E-state index in [1.54, 1.807) is 29.0 Å². The third-order valence-corrected chi connectivity index (χ3v) is 4.77. The van der Waals surface area contributed by atoms with Crippen LogP contribution in [-0.4, -0.2) is 39.2 Å². The van der Waals surface area contributed by atoms with Crippen LogP contribution >= 0.6 is 15.9 Å². The van der Waals surface area contributed by atoms with Crippen molar-refractivity contribution < 1.29 is 13.9 Å². The molecule has 0 saturated heterocycles. The molecular formula is C19H18BrFN4O2. The molecule has 0 saturated carbocycles. The number of hydrogen-bond donors (Lipinski definition) is 0. The number of amides is 1. The maximum atomic E-state index is 13.8. The molecular weight excluding hydrogens is 415 g/mol. The molecule has 27 heavy (non-hydrogen) atoms. The molecule has 1 atom stereocenters. The monoisotopic (exact) mass is 432 g/mol. The normalized spacial score (nSPS) is 11.9. The summed E-state index contributed by atoms with van der Waals surface area (Å²) in [5.41, 5.74) is 1.84. The number of ether oxygens (including phenoxy) is 1. The molecule has 2 aromatic carbocycles. The molecule has 3 rings (SSSR count). The van der Waals surface area contributed by atoms with Crippen molar-refractivity contribution in [2.24, 2.45) is 0 Å². The number of benzene rings is 2. The van der Waals surface area contributed by atoms with Gasteiger partial charge in [0.25, 0.3) is 5.91 Å². The van der Waals surface area contributed by atoms with Crippen LogP contribution in [0.4, 0.5) is 4.39 Å². The van der Waals surface area contributed by atoms with Crippen molar-refractivity contribution in [3.05, 3.63) is 71.0 Å². The second-order valence-corrected chi connectivity index (χ2v) is 6.89. The van der Waals surface area contributed by atoms with E-state index in [9.17, 15) is 9.18 Å². The Morgan fingerprint density at radius 1 is 1.30 bits per heavy atom. The molecule has 1 amide bonds. The van der Waals surface area contributed by atoms with E-state index in [0.29, 0.717) is 4.47 Å². The lowest BCUT2D eigenvalue weighted by Crippen LogP contribution is -2.33. The van der Waals surface area contributed by atoms with Gasteiger partial charge >= 0.3 is 0 Å². The summed E-state index contributed by atoms with van der Waals surface area (Å²) in [6.07, 6.45) is 3.09. The molecule has 0 aliphatic carbocycles. The maximum absolute atomic E-state index is 13.8. The Morgan fingerprint density at radius 3 is 2.67 bits per heavy atom. The zero-order chi connectivity index (χ0) is 19.4. The molecule has 8 heteroatoms. The fourth-order valence-corrected chi connectivity index (χ4v) is 2.85. The SMILES string of the molecule is CC(c1ccc(-n2cncn2)cc1)N(C)C(=O)COc1ccc(Br)cc1F. The van der Waals surface area contributed by atoms with Gasteiger partial charge < -0.3 is 9.64 Å². The van der Waals surface area contributed by atoms with Crippen molar-refractivity contribution in [3.63, 3.8) is 0 Å². The van der Waals surface area contributed by atoms with E-state index in [0.717, 1.165) is 11.3 Å². The Hall–Kier alpha value is -2.74. The number of carbonyl (C=O) groups is 1. The summed E-state index contributed by atoms with van der Waals surface area (Å²) < 4.78 is 21.4. The highest BCUT2D eigenvalue weighted by atomic mass is 79.9. The molecule has 0 spiro atoms. The van der Waals surface area contributed by atoms with Crippen LogP contribution in [0.5, 0.6) is 5.75 Å². The minimum Gasteiger partial charge on any atom is -0.481 e. The number of rotatable bonds is 6. The Bertz CT molecular complexity index is 916. The van der Waals surface area contributed by atoms with Gasteiger partial charge in [-0.3, -0.25) is 4.79 Å². The number of likely N-dealkylation sites (N-methyl/N-ethyl adjacent to an activating group) is 1. The average molecular weight is 433 g/mol.